The average molecular weight is 406 g/mol. The fraction of sp³-hybridized carbons (Fsp3) is 0.261. The number of ether oxygens (including phenoxy) is 1. The molecule has 1 atom stereocenters. The number of hydrogen-bond donors (Lipinski definition) is 1. The number of benzene rings is 1. The smallest absolute Gasteiger partial charge is 0.255 e. The Kier molecular flexibility index (Phi) is 4.58. The summed E-state index contributed by atoms with van der Waals surface area (Å²) in [6, 6.07) is 6.52. The molecule has 1 aliphatic heterocycles. The van der Waals surface area contributed by atoms with Gasteiger partial charge in [0.05, 0.1) is 17.7 Å². The number of hydrogen-bond acceptors (Lipinski definition) is 5. The number of aromatic nitrogens is 1. The summed E-state index contributed by atoms with van der Waals surface area (Å²) in [4.78, 5) is 28.9. The van der Waals surface area contributed by atoms with Crippen LogP contribution in [0.1, 0.15) is 44.9 Å². The third-order valence-corrected chi connectivity index (χ3v) is 5.52. The molecular weight excluding hydrogens is 387 g/mol. The van der Waals surface area contributed by atoms with E-state index < -0.39 is 0 Å². The van der Waals surface area contributed by atoms with Gasteiger partial charge in [0.25, 0.3) is 5.91 Å². The Labute approximate surface area is 172 Å². The fourth-order valence-electron chi connectivity index (χ4n) is 4.14. The molecule has 0 radical (unpaired) electrons. The number of amides is 1. The van der Waals surface area contributed by atoms with Crippen LogP contribution in [0.2, 0.25) is 0 Å². The van der Waals surface area contributed by atoms with Crippen molar-refractivity contribution in [3.63, 3.8) is 0 Å². The molecule has 0 fully saturated rings. The lowest BCUT2D eigenvalue weighted by atomic mass is 9.94. The summed E-state index contributed by atoms with van der Waals surface area (Å²) in [5.41, 5.74) is 2.83. The quantitative estimate of drug-likeness (QED) is 0.714. The van der Waals surface area contributed by atoms with Gasteiger partial charge in [-0.2, -0.15) is 0 Å². The molecule has 2 aliphatic rings. The van der Waals surface area contributed by atoms with Crippen LogP contribution < -0.4 is 10.1 Å². The standard InChI is InChI=1S/C23H19FN2O4/c24-15-7-14-8-16(30-22(14)17(9-15)13-3-2-6-25-10-13)11-26-23(28)18-12-29-20-5-1-4-19(27)21(18)20/h2-3,6-7,9-10,12,16H,1,4-5,8,11H2,(H,26,28). The topological polar surface area (TPSA) is 81.4 Å². The fourth-order valence-corrected chi connectivity index (χ4v) is 4.14. The normalized spacial score (nSPS) is 17.2. The molecule has 30 heavy (non-hydrogen) atoms. The molecule has 0 saturated carbocycles. The van der Waals surface area contributed by atoms with Gasteiger partial charge in [-0.25, -0.2) is 4.39 Å². The Hall–Kier alpha value is -3.48. The number of aryl methyl sites for hydroxylation is 1. The number of nitrogens with one attached hydrogen (secondary N) is 1. The van der Waals surface area contributed by atoms with Gasteiger partial charge in [-0.1, -0.05) is 6.07 Å². The van der Waals surface area contributed by atoms with Crippen molar-refractivity contribution in [1.29, 1.82) is 0 Å². The summed E-state index contributed by atoms with van der Waals surface area (Å²) >= 11 is 0. The van der Waals surface area contributed by atoms with Gasteiger partial charge in [0.15, 0.2) is 5.78 Å². The highest BCUT2D eigenvalue weighted by Gasteiger charge is 2.30. The van der Waals surface area contributed by atoms with Crippen molar-refractivity contribution in [2.24, 2.45) is 0 Å². The minimum absolute atomic E-state index is 0.0590. The van der Waals surface area contributed by atoms with E-state index in [9.17, 15) is 14.0 Å². The zero-order valence-corrected chi connectivity index (χ0v) is 16.1. The van der Waals surface area contributed by atoms with Gasteiger partial charge in [0, 0.05) is 48.3 Å². The minimum Gasteiger partial charge on any atom is -0.487 e. The Morgan fingerprint density at radius 3 is 3.03 bits per heavy atom. The van der Waals surface area contributed by atoms with Crippen LogP contribution in [0.25, 0.3) is 11.1 Å². The third-order valence-electron chi connectivity index (χ3n) is 5.52. The largest absolute Gasteiger partial charge is 0.487 e. The number of Topliss-reactive ketones (excluding diaryl/α,β-unsaturated/α-hetero) is 1. The molecule has 1 N–H and O–H groups in total. The lowest BCUT2D eigenvalue weighted by Crippen LogP contribution is -2.35. The van der Waals surface area contributed by atoms with Gasteiger partial charge in [-0.05, 0) is 24.6 Å². The average Bonchev–Trinajstić information content (AvgIpc) is 3.37. The van der Waals surface area contributed by atoms with E-state index in [-0.39, 0.29) is 35.7 Å². The number of carbonyl (C=O) groups is 2. The van der Waals surface area contributed by atoms with E-state index in [0.717, 1.165) is 17.5 Å². The van der Waals surface area contributed by atoms with Crippen molar-refractivity contribution >= 4 is 11.7 Å². The van der Waals surface area contributed by atoms with Gasteiger partial charge >= 0.3 is 0 Å². The summed E-state index contributed by atoms with van der Waals surface area (Å²) in [7, 11) is 0. The molecule has 6 nitrogen and oxygen atoms in total. The van der Waals surface area contributed by atoms with Crippen molar-refractivity contribution in [2.45, 2.75) is 31.8 Å². The molecule has 2 aromatic heterocycles. The zero-order valence-electron chi connectivity index (χ0n) is 16.1. The second-order valence-corrected chi connectivity index (χ2v) is 7.56. The highest BCUT2D eigenvalue weighted by atomic mass is 19.1. The van der Waals surface area contributed by atoms with E-state index in [4.69, 9.17) is 9.15 Å². The number of halogens is 1. The predicted octanol–water partition coefficient (Wildman–Crippen LogP) is 3.73. The second-order valence-electron chi connectivity index (χ2n) is 7.56. The van der Waals surface area contributed by atoms with Crippen molar-refractivity contribution in [2.75, 3.05) is 6.54 Å². The Balaban J connectivity index is 1.31. The molecule has 3 aromatic rings. The molecule has 1 aromatic carbocycles. The number of ketones is 1. The number of nitrogens with zero attached hydrogens (tertiary/aromatic N) is 1. The Bertz CT molecular complexity index is 1140. The number of furan rings is 1. The number of fused-ring (bicyclic) bond motifs is 2. The van der Waals surface area contributed by atoms with E-state index in [1.54, 1.807) is 18.5 Å². The van der Waals surface area contributed by atoms with Crippen LogP contribution in [0.15, 0.2) is 47.3 Å². The van der Waals surface area contributed by atoms with Crippen LogP contribution in [0.3, 0.4) is 0 Å². The van der Waals surface area contributed by atoms with Crippen molar-refractivity contribution < 1.29 is 23.1 Å². The minimum atomic E-state index is -0.367. The van der Waals surface area contributed by atoms with Gasteiger partial charge in [0.1, 0.15) is 29.7 Å². The van der Waals surface area contributed by atoms with Gasteiger partial charge in [-0.3, -0.25) is 14.6 Å². The summed E-state index contributed by atoms with van der Waals surface area (Å²) < 4.78 is 25.6. The molecule has 0 saturated heterocycles. The molecule has 7 heteroatoms. The lowest BCUT2D eigenvalue weighted by molar-refractivity contribution is 0.0914. The zero-order chi connectivity index (χ0) is 20.7. The SMILES string of the molecule is O=C(NCC1Cc2cc(F)cc(-c3cccnc3)c2O1)c1coc2c1C(=O)CCC2. The monoisotopic (exact) mass is 406 g/mol. The lowest BCUT2D eigenvalue weighted by Gasteiger charge is -2.14. The first-order chi connectivity index (χ1) is 14.6. The van der Waals surface area contributed by atoms with Gasteiger partial charge in [0.2, 0.25) is 0 Å². The van der Waals surface area contributed by atoms with Crippen molar-refractivity contribution in [1.82, 2.24) is 10.3 Å². The summed E-state index contributed by atoms with van der Waals surface area (Å²) in [6.45, 7) is 0.232. The maximum absolute atomic E-state index is 14.1. The van der Waals surface area contributed by atoms with Crippen molar-refractivity contribution in [3.8, 4) is 16.9 Å². The second kappa shape index (κ2) is 7.40. The molecule has 0 bridgehead atoms. The predicted molar refractivity (Wildman–Crippen MR) is 106 cm³/mol. The number of rotatable bonds is 4. The van der Waals surface area contributed by atoms with Gasteiger partial charge < -0.3 is 14.5 Å². The molecule has 3 heterocycles. The molecule has 1 amide bonds. The molecule has 1 aliphatic carbocycles. The first kappa shape index (κ1) is 18.5. The van der Waals surface area contributed by atoms with E-state index in [2.05, 4.69) is 10.3 Å². The Morgan fingerprint density at radius 1 is 1.30 bits per heavy atom. The van der Waals surface area contributed by atoms with Crippen LogP contribution in [0.4, 0.5) is 4.39 Å². The summed E-state index contributed by atoms with van der Waals surface area (Å²) in [5, 5.41) is 2.82. The number of carbonyl (C=O) groups excluding carboxylic acids is 2. The highest BCUT2D eigenvalue weighted by Crippen LogP contribution is 2.39. The van der Waals surface area contributed by atoms with Crippen LogP contribution in [-0.2, 0) is 12.8 Å². The van der Waals surface area contributed by atoms with E-state index >= 15 is 0 Å². The molecule has 5 rings (SSSR count). The van der Waals surface area contributed by atoms with Crippen LogP contribution in [-0.4, -0.2) is 29.3 Å². The first-order valence-corrected chi connectivity index (χ1v) is 9.91. The molecule has 1 unspecified atom stereocenters. The third kappa shape index (κ3) is 3.26. The van der Waals surface area contributed by atoms with Crippen molar-refractivity contribution in [3.05, 3.63) is 71.2 Å². The molecule has 0 spiro atoms. The maximum Gasteiger partial charge on any atom is 0.255 e. The van der Waals surface area contributed by atoms with Gasteiger partial charge in [-0.15, -0.1) is 0 Å². The molecular formula is C23H19FN2O4. The van der Waals surface area contributed by atoms with Crippen LogP contribution in [0.5, 0.6) is 5.75 Å². The van der Waals surface area contributed by atoms with Crippen LogP contribution >= 0.6 is 0 Å². The summed E-state index contributed by atoms with van der Waals surface area (Å²) in [6.07, 6.45) is 6.64. The van der Waals surface area contributed by atoms with E-state index in [1.165, 1.54) is 18.4 Å². The first-order valence-electron chi connectivity index (χ1n) is 9.91. The highest BCUT2D eigenvalue weighted by molar-refractivity contribution is 6.09. The summed E-state index contributed by atoms with van der Waals surface area (Å²) in [5.74, 6) is 0.422. The van der Waals surface area contributed by atoms with Crippen LogP contribution in [0, 0.1) is 5.82 Å². The molecule has 152 valence electrons. The Morgan fingerprint density at radius 2 is 2.20 bits per heavy atom. The van der Waals surface area contributed by atoms with E-state index in [1.807, 2.05) is 6.07 Å². The number of pyridine rings is 1. The van der Waals surface area contributed by atoms with E-state index in [0.29, 0.717) is 41.9 Å². The maximum atomic E-state index is 14.1.